The standard InChI is InChI=1S/C15H19NO7/c1-2-15(17)23-12-10-21-8-7-20-9-11-22-14-5-3-13(4-6-14)16(18)19/h2-6H,1,7-12H2. The lowest BCUT2D eigenvalue weighted by molar-refractivity contribution is -0.384. The zero-order valence-corrected chi connectivity index (χ0v) is 12.6. The molecule has 8 nitrogen and oxygen atoms in total. The fourth-order valence-electron chi connectivity index (χ4n) is 1.46. The summed E-state index contributed by atoms with van der Waals surface area (Å²) >= 11 is 0. The maximum absolute atomic E-state index is 10.7. The van der Waals surface area contributed by atoms with E-state index in [0.717, 1.165) is 6.08 Å². The molecule has 0 unspecified atom stereocenters. The van der Waals surface area contributed by atoms with Gasteiger partial charge in [-0.15, -0.1) is 0 Å². The van der Waals surface area contributed by atoms with Crippen molar-refractivity contribution in [3.05, 3.63) is 47.0 Å². The first-order chi connectivity index (χ1) is 11.1. The maximum Gasteiger partial charge on any atom is 0.330 e. The summed E-state index contributed by atoms with van der Waals surface area (Å²) in [6.45, 7) is 5.20. The zero-order chi connectivity index (χ0) is 16.9. The summed E-state index contributed by atoms with van der Waals surface area (Å²) in [5.74, 6) is 0.0627. The van der Waals surface area contributed by atoms with E-state index in [2.05, 4.69) is 6.58 Å². The van der Waals surface area contributed by atoms with Crippen LogP contribution >= 0.6 is 0 Å². The quantitative estimate of drug-likeness (QED) is 0.190. The number of benzene rings is 1. The highest BCUT2D eigenvalue weighted by atomic mass is 16.6. The van der Waals surface area contributed by atoms with Crippen LogP contribution in [-0.2, 0) is 19.0 Å². The highest BCUT2D eigenvalue weighted by Gasteiger charge is 2.04. The van der Waals surface area contributed by atoms with E-state index in [9.17, 15) is 14.9 Å². The minimum atomic E-state index is -0.478. The van der Waals surface area contributed by atoms with Gasteiger partial charge in [0.05, 0.1) is 31.4 Å². The van der Waals surface area contributed by atoms with Crippen LogP contribution in [0.2, 0.25) is 0 Å². The molecule has 1 aromatic rings. The Kier molecular flexibility index (Phi) is 9.03. The summed E-state index contributed by atoms with van der Waals surface area (Å²) < 4.78 is 20.6. The minimum Gasteiger partial charge on any atom is -0.491 e. The molecular formula is C15H19NO7. The molecule has 0 aliphatic carbocycles. The Morgan fingerprint density at radius 3 is 2.17 bits per heavy atom. The van der Waals surface area contributed by atoms with Gasteiger partial charge in [-0.1, -0.05) is 6.58 Å². The molecule has 0 aliphatic heterocycles. The van der Waals surface area contributed by atoms with Crippen molar-refractivity contribution in [1.29, 1.82) is 0 Å². The molecule has 0 saturated heterocycles. The third-order valence-electron chi connectivity index (χ3n) is 2.55. The van der Waals surface area contributed by atoms with Crippen LogP contribution in [0.3, 0.4) is 0 Å². The molecule has 23 heavy (non-hydrogen) atoms. The first kappa shape index (κ1) is 18.6. The molecule has 0 saturated carbocycles. The van der Waals surface area contributed by atoms with Crippen LogP contribution in [0.25, 0.3) is 0 Å². The summed E-state index contributed by atoms with van der Waals surface area (Å²) in [4.78, 5) is 20.7. The summed E-state index contributed by atoms with van der Waals surface area (Å²) in [7, 11) is 0. The third kappa shape index (κ3) is 8.54. The fraction of sp³-hybridized carbons (Fsp3) is 0.400. The van der Waals surface area contributed by atoms with Crippen LogP contribution in [-0.4, -0.2) is 50.5 Å². The molecule has 0 amide bonds. The van der Waals surface area contributed by atoms with Crippen molar-refractivity contribution in [3.63, 3.8) is 0 Å². The number of hydrogen-bond donors (Lipinski definition) is 0. The van der Waals surface area contributed by atoms with Crippen LogP contribution in [0.5, 0.6) is 5.75 Å². The number of nitro groups is 1. The molecule has 1 aromatic carbocycles. The second-order valence-electron chi connectivity index (χ2n) is 4.20. The predicted molar refractivity (Wildman–Crippen MR) is 81.4 cm³/mol. The van der Waals surface area contributed by atoms with E-state index >= 15 is 0 Å². The summed E-state index contributed by atoms with van der Waals surface area (Å²) in [5, 5.41) is 10.5. The molecule has 0 bridgehead atoms. The monoisotopic (exact) mass is 325 g/mol. The molecule has 0 radical (unpaired) electrons. The molecule has 0 aliphatic rings. The Labute approximate surface area is 133 Å². The summed E-state index contributed by atoms with van der Waals surface area (Å²) in [6.07, 6.45) is 1.09. The van der Waals surface area contributed by atoms with Gasteiger partial charge in [0, 0.05) is 18.2 Å². The van der Waals surface area contributed by atoms with Crippen LogP contribution in [0.4, 0.5) is 5.69 Å². The van der Waals surface area contributed by atoms with Gasteiger partial charge in [-0.25, -0.2) is 4.79 Å². The molecule has 8 heteroatoms. The number of nitro benzene ring substituents is 1. The average molecular weight is 325 g/mol. The van der Waals surface area contributed by atoms with Crippen LogP contribution in [0, 0.1) is 10.1 Å². The first-order valence-electron chi connectivity index (χ1n) is 6.95. The van der Waals surface area contributed by atoms with Crippen molar-refractivity contribution >= 4 is 11.7 Å². The van der Waals surface area contributed by atoms with Crippen LogP contribution in [0.15, 0.2) is 36.9 Å². The maximum atomic E-state index is 10.7. The number of hydrogen-bond acceptors (Lipinski definition) is 7. The van der Waals surface area contributed by atoms with E-state index in [1.807, 2.05) is 0 Å². The molecule has 126 valence electrons. The van der Waals surface area contributed by atoms with Gasteiger partial charge in [-0.2, -0.15) is 0 Å². The Balaban J connectivity index is 1.96. The zero-order valence-electron chi connectivity index (χ0n) is 12.6. The minimum absolute atomic E-state index is 0.0181. The lowest BCUT2D eigenvalue weighted by Gasteiger charge is -2.07. The molecule has 0 fully saturated rings. The Morgan fingerprint density at radius 1 is 1.04 bits per heavy atom. The number of nitrogens with zero attached hydrogens (tertiary/aromatic N) is 1. The Hall–Kier alpha value is -2.45. The topological polar surface area (TPSA) is 97.1 Å². The largest absolute Gasteiger partial charge is 0.491 e. The van der Waals surface area contributed by atoms with Gasteiger partial charge in [0.25, 0.3) is 5.69 Å². The van der Waals surface area contributed by atoms with E-state index in [1.54, 1.807) is 0 Å². The smallest absolute Gasteiger partial charge is 0.330 e. The Bertz CT molecular complexity index is 501. The number of carbonyl (C=O) groups is 1. The normalized spacial score (nSPS) is 10.1. The number of non-ortho nitro benzene ring substituents is 1. The highest BCUT2D eigenvalue weighted by Crippen LogP contribution is 2.16. The van der Waals surface area contributed by atoms with Gasteiger partial charge in [0.1, 0.15) is 19.0 Å². The predicted octanol–water partition coefficient (Wildman–Crippen LogP) is 1.74. The van der Waals surface area contributed by atoms with E-state index in [-0.39, 0.29) is 12.3 Å². The third-order valence-corrected chi connectivity index (χ3v) is 2.55. The molecule has 0 heterocycles. The van der Waals surface area contributed by atoms with Crippen molar-refractivity contribution in [1.82, 2.24) is 0 Å². The van der Waals surface area contributed by atoms with Crippen LogP contribution in [0.1, 0.15) is 0 Å². The van der Waals surface area contributed by atoms with E-state index < -0.39 is 10.9 Å². The van der Waals surface area contributed by atoms with Crippen molar-refractivity contribution in [2.75, 3.05) is 39.6 Å². The second kappa shape index (κ2) is 11.2. The number of rotatable bonds is 12. The molecule has 1 rings (SSSR count). The lowest BCUT2D eigenvalue weighted by atomic mass is 10.3. The molecular weight excluding hydrogens is 306 g/mol. The molecule has 0 N–H and O–H groups in total. The van der Waals surface area contributed by atoms with E-state index in [1.165, 1.54) is 24.3 Å². The van der Waals surface area contributed by atoms with Crippen molar-refractivity contribution in [3.8, 4) is 5.75 Å². The number of esters is 1. The van der Waals surface area contributed by atoms with Gasteiger partial charge in [0.15, 0.2) is 0 Å². The summed E-state index contributed by atoms with van der Waals surface area (Å²) in [6, 6.07) is 5.82. The van der Waals surface area contributed by atoms with Crippen molar-refractivity contribution in [2.24, 2.45) is 0 Å². The second-order valence-corrected chi connectivity index (χ2v) is 4.20. The van der Waals surface area contributed by atoms with Gasteiger partial charge in [0.2, 0.25) is 0 Å². The van der Waals surface area contributed by atoms with E-state index in [4.69, 9.17) is 18.9 Å². The van der Waals surface area contributed by atoms with E-state index in [0.29, 0.717) is 38.8 Å². The van der Waals surface area contributed by atoms with Crippen molar-refractivity contribution < 1.29 is 28.7 Å². The van der Waals surface area contributed by atoms with Gasteiger partial charge in [-0.05, 0) is 12.1 Å². The highest BCUT2D eigenvalue weighted by molar-refractivity contribution is 5.81. The Morgan fingerprint density at radius 2 is 1.61 bits per heavy atom. The lowest BCUT2D eigenvalue weighted by Crippen LogP contribution is -2.13. The molecule has 0 aromatic heterocycles. The van der Waals surface area contributed by atoms with Gasteiger partial charge < -0.3 is 18.9 Å². The molecule has 0 atom stereocenters. The van der Waals surface area contributed by atoms with Gasteiger partial charge >= 0.3 is 5.97 Å². The number of carbonyl (C=O) groups excluding carboxylic acids is 1. The van der Waals surface area contributed by atoms with Crippen molar-refractivity contribution in [2.45, 2.75) is 0 Å². The SMILES string of the molecule is C=CC(=O)OCCOCCOCCOc1ccc([N+](=O)[O-])cc1. The summed E-state index contributed by atoms with van der Waals surface area (Å²) in [5.41, 5.74) is 0.0181. The average Bonchev–Trinajstić information content (AvgIpc) is 2.56. The van der Waals surface area contributed by atoms with Crippen LogP contribution < -0.4 is 4.74 Å². The fourth-order valence-corrected chi connectivity index (χ4v) is 1.46. The molecule has 0 spiro atoms. The van der Waals surface area contributed by atoms with Gasteiger partial charge in [-0.3, -0.25) is 10.1 Å². The number of ether oxygens (including phenoxy) is 4. The first-order valence-corrected chi connectivity index (χ1v) is 6.95.